The Morgan fingerprint density at radius 3 is 2.89 bits per heavy atom. The number of methoxy groups -OCH3 is 1. The first-order valence-corrected chi connectivity index (χ1v) is 5.87. The van der Waals surface area contributed by atoms with Crippen LogP contribution < -0.4 is 9.47 Å². The van der Waals surface area contributed by atoms with Gasteiger partial charge in [-0.2, -0.15) is 0 Å². The third kappa shape index (κ3) is 2.37. The highest BCUT2D eigenvalue weighted by Crippen LogP contribution is 2.41. The second-order valence-electron chi connectivity index (χ2n) is 3.77. The van der Waals surface area contributed by atoms with E-state index in [0.29, 0.717) is 24.7 Å². The van der Waals surface area contributed by atoms with Crippen LogP contribution in [0.4, 0.5) is 0 Å². The van der Waals surface area contributed by atoms with E-state index in [1.165, 1.54) is 13.2 Å². The van der Waals surface area contributed by atoms with E-state index in [1.807, 2.05) is 0 Å². The standard InChI is InChI=1S/C12H13ClO5/c1-16-12(15)10(14)7-3-4-8-11(9(7)13)18-6-2-5-17-8/h3-4,10,14H,2,5-6H2,1H3. The second-order valence-corrected chi connectivity index (χ2v) is 4.15. The fraction of sp³-hybridized carbons (Fsp3) is 0.417. The number of carbonyl (C=O) groups is 1. The van der Waals surface area contributed by atoms with Crippen molar-refractivity contribution in [3.8, 4) is 11.5 Å². The molecule has 0 amide bonds. The van der Waals surface area contributed by atoms with E-state index in [1.54, 1.807) is 6.07 Å². The number of fused-ring (bicyclic) bond motifs is 1. The normalized spacial score (nSPS) is 15.7. The minimum atomic E-state index is -1.43. The summed E-state index contributed by atoms with van der Waals surface area (Å²) in [7, 11) is 1.20. The van der Waals surface area contributed by atoms with Crippen molar-refractivity contribution in [2.24, 2.45) is 0 Å². The summed E-state index contributed by atoms with van der Waals surface area (Å²) in [5.74, 6) is 0.0966. The average molecular weight is 273 g/mol. The molecule has 2 rings (SSSR count). The molecule has 1 unspecified atom stereocenters. The Morgan fingerprint density at radius 2 is 2.17 bits per heavy atom. The molecule has 0 saturated carbocycles. The molecule has 1 aromatic carbocycles. The van der Waals surface area contributed by atoms with Crippen molar-refractivity contribution < 1.29 is 24.1 Å². The van der Waals surface area contributed by atoms with Crippen LogP contribution in [0.25, 0.3) is 0 Å². The van der Waals surface area contributed by atoms with Gasteiger partial charge in [0, 0.05) is 12.0 Å². The van der Waals surface area contributed by atoms with Crippen molar-refractivity contribution in [2.75, 3.05) is 20.3 Å². The lowest BCUT2D eigenvalue weighted by Crippen LogP contribution is -2.14. The first-order valence-electron chi connectivity index (χ1n) is 5.49. The molecule has 0 radical (unpaired) electrons. The SMILES string of the molecule is COC(=O)C(O)c1ccc2c(c1Cl)OCCCO2. The summed E-state index contributed by atoms with van der Waals surface area (Å²) in [5, 5.41) is 9.96. The lowest BCUT2D eigenvalue weighted by molar-refractivity contribution is -0.150. The smallest absolute Gasteiger partial charge is 0.339 e. The molecule has 18 heavy (non-hydrogen) atoms. The summed E-state index contributed by atoms with van der Waals surface area (Å²) >= 11 is 6.12. The maximum absolute atomic E-state index is 11.3. The number of carbonyl (C=O) groups excluding carboxylic acids is 1. The molecule has 0 saturated heterocycles. The van der Waals surface area contributed by atoms with Crippen LogP contribution in [-0.2, 0) is 9.53 Å². The van der Waals surface area contributed by atoms with Crippen molar-refractivity contribution in [1.82, 2.24) is 0 Å². The maximum Gasteiger partial charge on any atom is 0.339 e. The minimum absolute atomic E-state index is 0.173. The molecule has 0 bridgehead atoms. The van der Waals surface area contributed by atoms with Gasteiger partial charge in [0.2, 0.25) is 0 Å². The zero-order valence-electron chi connectivity index (χ0n) is 9.81. The van der Waals surface area contributed by atoms with Crippen LogP contribution >= 0.6 is 11.6 Å². The van der Waals surface area contributed by atoms with Gasteiger partial charge >= 0.3 is 5.97 Å². The maximum atomic E-state index is 11.3. The Morgan fingerprint density at radius 1 is 1.44 bits per heavy atom. The summed E-state index contributed by atoms with van der Waals surface area (Å²) in [6.07, 6.45) is -0.681. The number of hydrogen-bond donors (Lipinski definition) is 1. The molecule has 1 heterocycles. The average Bonchev–Trinajstić information content (AvgIpc) is 2.63. The summed E-state index contributed by atoms with van der Waals surface area (Å²) in [6.45, 7) is 1.02. The monoisotopic (exact) mass is 272 g/mol. The number of aliphatic hydroxyl groups excluding tert-OH is 1. The fourth-order valence-electron chi connectivity index (χ4n) is 1.67. The predicted molar refractivity (Wildman–Crippen MR) is 64.0 cm³/mol. The number of esters is 1. The van der Waals surface area contributed by atoms with Crippen LogP contribution in [0.15, 0.2) is 12.1 Å². The molecular formula is C12H13ClO5. The topological polar surface area (TPSA) is 65.0 Å². The number of ether oxygens (including phenoxy) is 3. The van der Waals surface area contributed by atoms with Gasteiger partial charge in [-0.1, -0.05) is 17.7 Å². The van der Waals surface area contributed by atoms with Crippen LogP contribution in [0.2, 0.25) is 5.02 Å². The molecule has 1 aromatic rings. The lowest BCUT2D eigenvalue weighted by Gasteiger charge is -2.15. The lowest BCUT2D eigenvalue weighted by atomic mass is 10.1. The van der Waals surface area contributed by atoms with Crippen molar-refractivity contribution in [3.63, 3.8) is 0 Å². The highest BCUT2D eigenvalue weighted by molar-refractivity contribution is 6.33. The van der Waals surface area contributed by atoms with E-state index in [-0.39, 0.29) is 10.6 Å². The van der Waals surface area contributed by atoms with Crippen LogP contribution in [0.5, 0.6) is 11.5 Å². The van der Waals surface area contributed by atoms with Crippen molar-refractivity contribution in [2.45, 2.75) is 12.5 Å². The first-order chi connectivity index (χ1) is 8.65. The quantitative estimate of drug-likeness (QED) is 0.830. The van der Waals surface area contributed by atoms with Crippen molar-refractivity contribution in [1.29, 1.82) is 0 Å². The van der Waals surface area contributed by atoms with E-state index in [9.17, 15) is 9.90 Å². The third-order valence-corrected chi connectivity index (χ3v) is 2.99. The Bertz CT molecular complexity index is 460. The van der Waals surface area contributed by atoms with Crippen molar-refractivity contribution >= 4 is 17.6 Å². The van der Waals surface area contributed by atoms with Crippen LogP contribution in [0.1, 0.15) is 18.1 Å². The Labute approximate surface area is 109 Å². The van der Waals surface area contributed by atoms with Gasteiger partial charge in [0.05, 0.1) is 25.3 Å². The molecule has 0 aromatic heterocycles. The Balaban J connectivity index is 2.39. The number of halogens is 1. The van der Waals surface area contributed by atoms with Gasteiger partial charge in [-0.05, 0) is 6.07 Å². The number of benzene rings is 1. The van der Waals surface area contributed by atoms with E-state index in [0.717, 1.165) is 6.42 Å². The molecule has 5 nitrogen and oxygen atoms in total. The molecule has 1 atom stereocenters. The Kier molecular flexibility index (Phi) is 3.93. The molecule has 98 valence electrons. The van der Waals surface area contributed by atoms with Gasteiger partial charge in [-0.15, -0.1) is 0 Å². The molecule has 1 aliphatic rings. The molecule has 1 N–H and O–H groups in total. The van der Waals surface area contributed by atoms with Crippen LogP contribution in [0, 0.1) is 0 Å². The highest BCUT2D eigenvalue weighted by atomic mass is 35.5. The Hall–Kier alpha value is -1.46. The largest absolute Gasteiger partial charge is 0.490 e. The molecular weight excluding hydrogens is 260 g/mol. The van der Waals surface area contributed by atoms with E-state index in [4.69, 9.17) is 21.1 Å². The zero-order chi connectivity index (χ0) is 13.1. The molecule has 0 fully saturated rings. The molecule has 6 heteroatoms. The van der Waals surface area contributed by atoms with Crippen LogP contribution in [-0.4, -0.2) is 31.4 Å². The summed E-state index contributed by atoms with van der Waals surface area (Å²) in [6, 6.07) is 3.14. The van der Waals surface area contributed by atoms with E-state index >= 15 is 0 Å². The molecule has 1 aliphatic heterocycles. The zero-order valence-corrected chi connectivity index (χ0v) is 10.6. The van der Waals surface area contributed by atoms with Gasteiger partial charge in [-0.25, -0.2) is 4.79 Å². The van der Waals surface area contributed by atoms with Crippen LogP contribution in [0.3, 0.4) is 0 Å². The minimum Gasteiger partial charge on any atom is -0.490 e. The number of aliphatic hydroxyl groups is 1. The molecule has 0 spiro atoms. The first kappa shape index (κ1) is 13.0. The second kappa shape index (κ2) is 5.46. The van der Waals surface area contributed by atoms with Gasteiger partial charge < -0.3 is 19.3 Å². The van der Waals surface area contributed by atoms with E-state index < -0.39 is 12.1 Å². The van der Waals surface area contributed by atoms with Gasteiger partial charge in [0.15, 0.2) is 17.6 Å². The highest BCUT2D eigenvalue weighted by Gasteiger charge is 2.25. The molecule has 0 aliphatic carbocycles. The number of rotatable bonds is 2. The van der Waals surface area contributed by atoms with Gasteiger partial charge in [-0.3, -0.25) is 0 Å². The predicted octanol–water partition coefficient (Wildman–Crippen LogP) is 1.71. The summed E-state index contributed by atoms with van der Waals surface area (Å²) in [4.78, 5) is 11.3. The number of hydrogen-bond acceptors (Lipinski definition) is 5. The van der Waals surface area contributed by atoms with Crippen molar-refractivity contribution in [3.05, 3.63) is 22.7 Å². The fourth-order valence-corrected chi connectivity index (χ4v) is 1.98. The summed E-state index contributed by atoms with van der Waals surface area (Å²) < 4.78 is 15.4. The summed E-state index contributed by atoms with van der Waals surface area (Å²) in [5.41, 5.74) is 0.243. The van der Waals surface area contributed by atoms with E-state index in [2.05, 4.69) is 4.74 Å². The van der Waals surface area contributed by atoms with Gasteiger partial charge in [0.25, 0.3) is 0 Å². The van der Waals surface area contributed by atoms with Gasteiger partial charge in [0.1, 0.15) is 0 Å². The third-order valence-electron chi connectivity index (χ3n) is 2.60.